The molecule has 2 N–H and O–H groups in total. The molecule has 0 radical (unpaired) electrons. The van der Waals surface area contributed by atoms with Crippen molar-refractivity contribution >= 4 is 11.7 Å². The molecule has 2 amide bonds. The number of carbonyl (C=O) groups excluding carboxylic acids is 1. The standard InChI is InChI=1S/C8H7F4N3O/c9-5-3-13-2-1-6(5)15-7(16)14-4-8(10,11)12/h1-3H,4H2,(H2,13,14,15,16). The molecule has 1 heterocycles. The Morgan fingerprint density at radius 2 is 2.12 bits per heavy atom. The summed E-state index contributed by atoms with van der Waals surface area (Å²) in [4.78, 5) is 14.3. The first kappa shape index (κ1) is 12.2. The van der Waals surface area contributed by atoms with Crippen LogP contribution in [0.2, 0.25) is 0 Å². The molecule has 1 rings (SSSR count). The molecule has 16 heavy (non-hydrogen) atoms. The third-order valence-electron chi connectivity index (χ3n) is 1.47. The zero-order chi connectivity index (χ0) is 12.2. The monoisotopic (exact) mass is 237 g/mol. The van der Waals surface area contributed by atoms with E-state index < -0.39 is 24.6 Å². The van der Waals surface area contributed by atoms with Crippen molar-refractivity contribution in [1.82, 2.24) is 10.3 Å². The average Bonchev–Trinajstić information content (AvgIpc) is 2.18. The van der Waals surface area contributed by atoms with Crippen LogP contribution in [-0.4, -0.2) is 23.7 Å². The Balaban J connectivity index is 2.50. The molecule has 0 saturated carbocycles. The number of hydrogen-bond acceptors (Lipinski definition) is 2. The van der Waals surface area contributed by atoms with E-state index in [0.29, 0.717) is 0 Å². The van der Waals surface area contributed by atoms with Crippen molar-refractivity contribution in [2.45, 2.75) is 6.18 Å². The Labute approximate surface area is 87.7 Å². The molecule has 0 saturated heterocycles. The first-order valence-electron chi connectivity index (χ1n) is 4.09. The normalized spacial score (nSPS) is 11.0. The molecular weight excluding hydrogens is 230 g/mol. The van der Waals surface area contributed by atoms with Gasteiger partial charge in [0.1, 0.15) is 6.54 Å². The molecule has 0 fully saturated rings. The molecule has 0 bridgehead atoms. The van der Waals surface area contributed by atoms with Crippen LogP contribution in [0.5, 0.6) is 0 Å². The van der Waals surface area contributed by atoms with Crippen LogP contribution in [0.4, 0.5) is 28.0 Å². The molecule has 0 atom stereocenters. The maximum Gasteiger partial charge on any atom is 0.405 e. The van der Waals surface area contributed by atoms with Gasteiger partial charge in [0.25, 0.3) is 0 Å². The van der Waals surface area contributed by atoms with Gasteiger partial charge in [0.15, 0.2) is 5.82 Å². The fraction of sp³-hybridized carbons (Fsp3) is 0.250. The quantitative estimate of drug-likeness (QED) is 0.772. The number of nitrogens with zero attached hydrogens (tertiary/aromatic N) is 1. The number of urea groups is 1. The fourth-order valence-electron chi connectivity index (χ4n) is 0.824. The Morgan fingerprint density at radius 3 is 2.69 bits per heavy atom. The van der Waals surface area contributed by atoms with Crippen LogP contribution >= 0.6 is 0 Å². The first-order valence-corrected chi connectivity index (χ1v) is 4.09. The van der Waals surface area contributed by atoms with Crippen molar-refractivity contribution in [2.75, 3.05) is 11.9 Å². The van der Waals surface area contributed by atoms with Gasteiger partial charge in [0.2, 0.25) is 0 Å². The Bertz CT molecular complexity index is 380. The van der Waals surface area contributed by atoms with Crippen molar-refractivity contribution < 1.29 is 22.4 Å². The summed E-state index contributed by atoms with van der Waals surface area (Å²) >= 11 is 0. The number of anilines is 1. The Kier molecular flexibility index (Phi) is 3.64. The van der Waals surface area contributed by atoms with E-state index >= 15 is 0 Å². The average molecular weight is 237 g/mol. The molecule has 0 unspecified atom stereocenters. The molecule has 8 heteroatoms. The van der Waals surface area contributed by atoms with Gasteiger partial charge < -0.3 is 10.6 Å². The van der Waals surface area contributed by atoms with Crippen LogP contribution in [0.1, 0.15) is 0 Å². The van der Waals surface area contributed by atoms with Gasteiger partial charge in [-0.15, -0.1) is 0 Å². The number of aromatic nitrogens is 1. The number of rotatable bonds is 2. The number of carbonyl (C=O) groups is 1. The second-order valence-corrected chi connectivity index (χ2v) is 2.78. The van der Waals surface area contributed by atoms with Crippen LogP contribution in [0.25, 0.3) is 0 Å². The third kappa shape index (κ3) is 4.11. The van der Waals surface area contributed by atoms with Crippen LogP contribution in [0, 0.1) is 5.82 Å². The second kappa shape index (κ2) is 4.77. The van der Waals surface area contributed by atoms with E-state index in [1.165, 1.54) is 11.5 Å². The lowest BCUT2D eigenvalue weighted by atomic mass is 10.4. The molecule has 0 aromatic carbocycles. The van der Waals surface area contributed by atoms with E-state index in [1.54, 1.807) is 0 Å². The van der Waals surface area contributed by atoms with Crippen molar-refractivity contribution in [1.29, 1.82) is 0 Å². The lowest BCUT2D eigenvalue weighted by molar-refractivity contribution is -0.122. The first-order chi connectivity index (χ1) is 7.38. The Hall–Kier alpha value is -1.86. The van der Waals surface area contributed by atoms with Gasteiger partial charge in [-0.1, -0.05) is 0 Å². The third-order valence-corrected chi connectivity index (χ3v) is 1.47. The molecule has 1 aromatic rings. The zero-order valence-electron chi connectivity index (χ0n) is 7.81. The smallest absolute Gasteiger partial charge is 0.329 e. The number of nitrogens with one attached hydrogen (secondary N) is 2. The Morgan fingerprint density at radius 1 is 1.44 bits per heavy atom. The highest BCUT2D eigenvalue weighted by molar-refractivity contribution is 5.89. The van der Waals surface area contributed by atoms with E-state index in [4.69, 9.17) is 0 Å². The molecular formula is C8H7F4N3O. The largest absolute Gasteiger partial charge is 0.405 e. The van der Waals surface area contributed by atoms with Crippen molar-refractivity contribution in [3.63, 3.8) is 0 Å². The second-order valence-electron chi connectivity index (χ2n) is 2.78. The van der Waals surface area contributed by atoms with Crippen LogP contribution in [0.3, 0.4) is 0 Å². The summed E-state index contributed by atoms with van der Waals surface area (Å²) < 4.78 is 48.0. The van der Waals surface area contributed by atoms with Crippen LogP contribution < -0.4 is 10.6 Å². The summed E-state index contributed by atoms with van der Waals surface area (Å²) in [5, 5.41) is 3.45. The molecule has 88 valence electrons. The van der Waals surface area contributed by atoms with E-state index in [-0.39, 0.29) is 5.69 Å². The van der Waals surface area contributed by atoms with Gasteiger partial charge in [-0.25, -0.2) is 9.18 Å². The van der Waals surface area contributed by atoms with Gasteiger partial charge in [0, 0.05) is 6.20 Å². The minimum absolute atomic E-state index is 0.241. The summed E-state index contributed by atoms with van der Waals surface area (Å²) in [6.45, 7) is -1.48. The maximum atomic E-state index is 12.9. The predicted octanol–water partition coefficient (Wildman–Crippen LogP) is 1.90. The number of pyridine rings is 1. The molecule has 4 nitrogen and oxygen atoms in total. The summed E-state index contributed by atoms with van der Waals surface area (Å²) in [5.74, 6) is -0.829. The van der Waals surface area contributed by atoms with E-state index in [1.807, 2.05) is 5.32 Å². The number of halogens is 4. The SMILES string of the molecule is O=C(NCC(F)(F)F)Nc1ccncc1F. The number of alkyl halides is 3. The number of hydrogen-bond donors (Lipinski definition) is 2. The fourth-order valence-corrected chi connectivity index (χ4v) is 0.824. The van der Waals surface area contributed by atoms with E-state index in [2.05, 4.69) is 4.98 Å². The highest BCUT2D eigenvalue weighted by atomic mass is 19.4. The molecule has 1 aromatic heterocycles. The van der Waals surface area contributed by atoms with Crippen molar-refractivity contribution in [3.8, 4) is 0 Å². The highest BCUT2D eigenvalue weighted by Crippen LogP contribution is 2.13. The molecule has 0 aliphatic rings. The topological polar surface area (TPSA) is 54.0 Å². The van der Waals surface area contributed by atoms with Gasteiger partial charge in [-0.2, -0.15) is 13.2 Å². The summed E-state index contributed by atoms with van der Waals surface area (Å²) in [6.07, 6.45) is -2.48. The summed E-state index contributed by atoms with van der Waals surface area (Å²) in [7, 11) is 0. The molecule has 0 spiro atoms. The van der Waals surface area contributed by atoms with Crippen molar-refractivity contribution in [3.05, 3.63) is 24.3 Å². The lowest BCUT2D eigenvalue weighted by Crippen LogP contribution is -2.36. The van der Waals surface area contributed by atoms with Gasteiger partial charge in [-0.05, 0) is 6.07 Å². The van der Waals surface area contributed by atoms with Gasteiger partial charge in [0.05, 0.1) is 11.9 Å². The summed E-state index contributed by atoms with van der Waals surface area (Å²) in [6, 6.07) is -0.00916. The van der Waals surface area contributed by atoms with Crippen LogP contribution in [0.15, 0.2) is 18.5 Å². The predicted molar refractivity (Wildman–Crippen MR) is 47.3 cm³/mol. The molecule has 0 aliphatic heterocycles. The van der Waals surface area contributed by atoms with E-state index in [0.717, 1.165) is 12.3 Å². The minimum Gasteiger partial charge on any atom is -0.329 e. The van der Waals surface area contributed by atoms with E-state index in [9.17, 15) is 22.4 Å². The van der Waals surface area contributed by atoms with Crippen molar-refractivity contribution in [2.24, 2.45) is 0 Å². The number of amides is 2. The zero-order valence-corrected chi connectivity index (χ0v) is 7.81. The molecule has 0 aliphatic carbocycles. The lowest BCUT2D eigenvalue weighted by Gasteiger charge is -2.09. The van der Waals surface area contributed by atoms with Gasteiger partial charge in [-0.3, -0.25) is 4.98 Å². The minimum atomic E-state index is -4.51. The summed E-state index contributed by atoms with van der Waals surface area (Å²) in [5.41, 5.74) is -0.241. The highest BCUT2D eigenvalue weighted by Gasteiger charge is 2.27. The van der Waals surface area contributed by atoms with Crippen LogP contribution in [-0.2, 0) is 0 Å². The van der Waals surface area contributed by atoms with Gasteiger partial charge >= 0.3 is 12.2 Å². The maximum absolute atomic E-state index is 12.9.